The molecule has 0 aliphatic heterocycles. The Hall–Kier alpha value is -1.69. The monoisotopic (exact) mass is 885 g/mol. The second-order valence-electron chi connectivity index (χ2n) is 13.2. The molecule has 0 aromatic heterocycles. The molecule has 0 aliphatic rings. The molecule has 0 saturated heterocycles. The Labute approximate surface area is 361 Å². The van der Waals surface area contributed by atoms with E-state index in [1.54, 1.807) is 0 Å². The van der Waals surface area contributed by atoms with E-state index < -0.39 is 10.8 Å². The summed E-state index contributed by atoms with van der Waals surface area (Å²) in [6.07, 6.45) is 14.5. The maximum Gasteiger partial charge on any atom is 0.597 e. The number of rotatable bonds is 48. The maximum absolute atomic E-state index is 10.9. The molecule has 1 unspecified atom stereocenters. The first-order valence-corrected chi connectivity index (χ1v) is 22.9. The highest BCUT2D eigenvalue weighted by Crippen LogP contribution is 2.23. The lowest BCUT2D eigenvalue weighted by Crippen LogP contribution is -2.53. The van der Waals surface area contributed by atoms with Crippen LogP contribution in [0.4, 0.5) is 0 Å². The molecule has 0 amide bonds. The van der Waals surface area contributed by atoms with Crippen molar-refractivity contribution in [3.63, 3.8) is 0 Å². The second-order valence-corrected chi connectivity index (χ2v) is 14.5. The fourth-order valence-corrected chi connectivity index (χ4v) is 5.56. The van der Waals surface area contributed by atoms with Crippen LogP contribution in [-0.4, -0.2) is 159 Å². The highest BCUT2D eigenvalue weighted by Gasteiger charge is 2.35. The quantitative estimate of drug-likeness (QED) is 0.0548. The van der Waals surface area contributed by atoms with Gasteiger partial charge < -0.3 is 56.8 Å². The molecule has 0 fully saturated rings. The molecule has 0 heterocycles. The van der Waals surface area contributed by atoms with Gasteiger partial charge in [-0.1, -0.05) is 63.7 Å². The van der Waals surface area contributed by atoms with Crippen molar-refractivity contribution in [2.75, 3.05) is 159 Å². The molecular formula is C42H78NO16S+2. The number of hydrogen-bond acceptors (Lipinski definition) is 15. The van der Waals surface area contributed by atoms with Crippen LogP contribution in [0.15, 0.2) is 24.3 Å². The topological polar surface area (TPSA) is 194 Å². The van der Waals surface area contributed by atoms with Crippen molar-refractivity contribution >= 4 is 16.9 Å². The van der Waals surface area contributed by atoms with Gasteiger partial charge in [0.15, 0.2) is 0 Å². The van der Waals surface area contributed by atoms with E-state index in [1.165, 1.54) is 50.5 Å². The minimum absolute atomic E-state index is 0.0873. The lowest BCUT2D eigenvalue weighted by Gasteiger charge is -2.12. The van der Waals surface area contributed by atoms with Crippen LogP contribution >= 0.6 is 0 Å². The summed E-state index contributed by atoms with van der Waals surface area (Å²) in [5.41, 5.74) is 2.49. The number of benzene rings is 1. The largest absolute Gasteiger partial charge is 0.597 e. The Kier molecular flexibility index (Phi) is 41.2. The van der Waals surface area contributed by atoms with Crippen LogP contribution in [0.2, 0.25) is 0 Å². The van der Waals surface area contributed by atoms with E-state index in [1.807, 2.05) is 6.92 Å². The van der Waals surface area contributed by atoms with Crippen LogP contribution in [-0.2, 0) is 86.5 Å². The van der Waals surface area contributed by atoms with Crippen molar-refractivity contribution in [3.05, 3.63) is 35.4 Å². The van der Waals surface area contributed by atoms with E-state index in [0.717, 1.165) is 17.7 Å². The zero-order valence-corrected chi connectivity index (χ0v) is 37.5. The van der Waals surface area contributed by atoms with Gasteiger partial charge >= 0.3 is 10.8 Å². The molecule has 60 heavy (non-hydrogen) atoms. The zero-order valence-electron chi connectivity index (χ0n) is 36.7. The van der Waals surface area contributed by atoms with Crippen molar-refractivity contribution in [2.24, 2.45) is 0 Å². The van der Waals surface area contributed by atoms with Crippen LogP contribution in [0.25, 0.3) is 6.08 Å². The molecule has 17 nitrogen and oxygen atoms in total. The minimum Gasteiger partial charge on any atom is -0.491 e. The Bertz CT molecular complexity index is 1140. The summed E-state index contributed by atoms with van der Waals surface area (Å²) < 4.78 is 96.3. The molecule has 1 aromatic rings. The van der Waals surface area contributed by atoms with Crippen LogP contribution in [0.1, 0.15) is 69.9 Å². The third-order valence-electron chi connectivity index (χ3n) is 8.29. The number of allylic oxidation sites excluding steroid dienone is 1. The molecule has 1 rings (SSSR count). The normalized spacial score (nSPS) is 12.8. The molecule has 3 N–H and O–H groups in total. The maximum atomic E-state index is 10.9. The Morgan fingerprint density at radius 1 is 0.500 bits per heavy atom. The van der Waals surface area contributed by atoms with Crippen LogP contribution in [0.5, 0.6) is 5.75 Å². The summed E-state index contributed by atoms with van der Waals surface area (Å²) in [6.45, 7) is 14.4. The van der Waals surface area contributed by atoms with Crippen molar-refractivity contribution in [1.29, 1.82) is 0 Å². The number of ether oxygens (including phenoxy) is 12. The summed E-state index contributed by atoms with van der Waals surface area (Å²) in [5, 5.41) is 0. The number of hydrogen-bond donors (Lipinski definition) is 1. The molecule has 0 bridgehead atoms. The van der Waals surface area contributed by atoms with Crippen molar-refractivity contribution in [2.45, 2.75) is 65.2 Å². The molecule has 18 heteroatoms. The number of unbranched alkanes of at least 4 members (excludes halogenated alkanes) is 6. The van der Waals surface area contributed by atoms with Crippen molar-refractivity contribution in [1.82, 2.24) is 0 Å². The Morgan fingerprint density at radius 2 is 0.850 bits per heavy atom. The van der Waals surface area contributed by atoms with E-state index in [4.69, 9.17) is 56.8 Å². The van der Waals surface area contributed by atoms with Gasteiger partial charge in [-0.15, -0.1) is 4.18 Å². The summed E-state index contributed by atoms with van der Waals surface area (Å²) in [6, 6.07) is 6.52. The summed E-state index contributed by atoms with van der Waals surface area (Å²) in [4.78, 5) is 0. The van der Waals surface area contributed by atoms with Gasteiger partial charge in [0.25, 0.3) is 0 Å². The number of quaternary nitrogens is 1. The summed E-state index contributed by atoms with van der Waals surface area (Å²) in [7, 11) is -4.04. The molecular weight excluding hydrogens is 807 g/mol. The fraction of sp³-hybridized carbons (Fsp3) is 0.810. The van der Waals surface area contributed by atoms with Gasteiger partial charge in [-0.3, -0.25) is 0 Å². The van der Waals surface area contributed by atoms with Gasteiger partial charge in [0.2, 0.25) is 0 Å². The van der Waals surface area contributed by atoms with E-state index >= 15 is 0 Å². The van der Waals surface area contributed by atoms with E-state index in [9.17, 15) is 8.76 Å². The Morgan fingerprint density at radius 3 is 1.22 bits per heavy atom. The summed E-state index contributed by atoms with van der Waals surface area (Å²) >= 11 is 0. The smallest absolute Gasteiger partial charge is 0.491 e. The van der Waals surface area contributed by atoms with Gasteiger partial charge in [0, 0.05) is 9.77 Å². The van der Waals surface area contributed by atoms with Crippen LogP contribution in [0, 0.1) is 0 Å². The van der Waals surface area contributed by atoms with Gasteiger partial charge in [0.05, 0.1) is 150 Å². The first-order valence-electron chi connectivity index (χ1n) is 21.6. The molecule has 1 atom stereocenters. The van der Waals surface area contributed by atoms with Gasteiger partial charge in [-0.25, -0.2) is 0 Å². The van der Waals surface area contributed by atoms with Crippen molar-refractivity contribution in [3.8, 4) is 5.75 Å². The lowest BCUT2D eigenvalue weighted by atomic mass is 10.0. The predicted octanol–water partition coefficient (Wildman–Crippen LogP) is 4.44. The third kappa shape index (κ3) is 38.0. The average molecular weight is 885 g/mol. The highest BCUT2D eigenvalue weighted by atomic mass is 32.3. The third-order valence-corrected chi connectivity index (χ3v) is 9.04. The second kappa shape index (κ2) is 43.9. The first-order chi connectivity index (χ1) is 29.5. The van der Waals surface area contributed by atoms with E-state index in [0.29, 0.717) is 145 Å². The van der Waals surface area contributed by atoms with Crippen molar-refractivity contribution < 1.29 is 80.0 Å². The lowest BCUT2D eigenvalue weighted by molar-refractivity contribution is -0.640. The van der Waals surface area contributed by atoms with Crippen LogP contribution in [0.3, 0.4) is 0 Å². The van der Waals surface area contributed by atoms with E-state index in [2.05, 4.69) is 51.6 Å². The fourth-order valence-electron chi connectivity index (χ4n) is 5.22. The Balaban J connectivity index is 1.76. The van der Waals surface area contributed by atoms with Gasteiger partial charge in [-0.05, 0) is 37.5 Å². The van der Waals surface area contributed by atoms with E-state index in [-0.39, 0.29) is 13.2 Å². The average Bonchev–Trinajstić information content (AvgIpc) is 3.25. The zero-order chi connectivity index (χ0) is 43.3. The molecule has 1 radical (unpaired) electrons. The van der Waals surface area contributed by atoms with Gasteiger partial charge in [-0.2, -0.15) is 5.90 Å². The molecule has 351 valence electrons. The highest BCUT2D eigenvalue weighted by molar-refractivity contribution is 7.88. The van der Waals surface area contributed by atoms with Gasteiger partial charge in [0.1, 0.15) is 23.5 Å². The SMILES string of the molecule is C/C=C/c1cc(CCCCCCCCC)ccc1OCCOCCOCCOCCOCCOCCOCCOCCOCCOCCOCCOCCO[S+]([O])(=O)O[NH3+]. The number of aryl methyl sites for hydroxylation is 1. The predicted molar refractivity (Wildman–Crippen MR) is 226 cm³/mol. The van der Waals surface area contributed by atoms with Crippen LogP contribution < -0.4 is 10.6 Å². The standard InChI is InChI=1S/C42H78NO16S/c1-3-5-6-7-8-9-10-12-40-13-14-42(41(39-40)11-4-2)57-37-35-55-33-31-53-29-27-51-25-23-49-21-19-47-17-15-46-16-18-48-20-22-50-24-26-52-28-30-54-32-34-56-36-38-58-60(44,45)59-43/h4,11,13-14,39H,3,5-10,12,15-38H2,1-2,43H3/q+2/b11-4+. The molecule has 0 spiro atoms. The summed E-state index contributed by atoms with van der Waals surface area (Å²) in [5.74, 6) is 3.67. The molecule has 0 aliphatic carbocycles. The molecule has 1 aromatic carbocycles. The molecule has 0 saturated carbocycles. The minimum atomic E-state index is -4.04. The first kappa shape index (κ1) is 56.3.